The van der Waals surface area contributed by atoms with Crippen molar-refractivity contribution in [2.45, 2.75) is 13.3 Å². The van der Waals surface area contributed by atoms with Crippen molar-refractivity contribution < 1.29 is 28.6 Å². The third-order valence-electron chi connectivity index (χ3n) is 5.64. The van der Waals surface area contributed by atoms with Gasteiger partial charge in [-0.1, -0.05) is 24.3 Å². The van der Waals surface area contributed by atoms with Crippen molar-refractivity contribution in [3.05, 3.63) is 77.4 Å². The number of amides is 2. The van der Waals surface area contributed by atoms with E-state index < -0.39 is 0 Å². The lowest BCUT2D eigenvalue weighted by Gasteiger charge is -2.14. The number of anilines is 2. The quantitative estimate of drug-likeness (QED) is 0.373. The van der Waals surface area contributed by atoms with Crippen LogP contribution in [0.4, 0.5) is 11.4 Å². The zero-order valence-corrected chi connectivity index (χ0v) is 20.1. The van der Waals surface area contributed by atoms with Crippen LogP contribution in [0.25, 0.3) is 0 Å². The van der Waals surface area contributed by atoms with E-state index in [9.17, 15) is 14.4 Å². The van der Waals surface area contributed by atoms with E-state index in [-0.39, 0.29) is 30.9 Å². The van der Waals surface area contributed by atoms with Crippen LogP contribution in [0.15, 0.2) is 60.7 Å². The second kappa shape index (κ2) is 11.3. The molecule has 0 spiro atoms. The summed E-state index contributed by atoms with van der Waals surface area (Å²) in [5.41, 5.74) is 2.68. The molecule has 3 aromatic carbocycles. The van der Waals surface area contributed by atoms with Gasteiger partial charge >= 0.3 is 0 Å². The molecule has 1 aliphatic heterocycles. The zero-order valence-electron chi connectivity index (χ0n) is 20.1. The molecule has 9 nitrogen and oxygen atoms in total. The van der Waals surface area contributed by atoms with Crippen molar-refractivity contribution in [3.8, 4) is 17.2 Å². The van der Waals surface area contributed by atoms with Gasteiger partial charge in [-0.3, -0.25) is 14.4 Å². The van der Waals surface area contributed by atoms with Crippen LogP contribution in [0.3, 0.4) is 0 Å². The van der Waals surface area contributed by atoms with E-state index >= 15 is 0 Å². The van der Waals surface area contributed by atoms with E-state index in [1.807, 2.05) is 24.3 Å². The summed E-state index contributed by atoms with van der Waals surface area (Å²) in [4.78, 5) is 37.5. The van der Waals surface area contributed by atoms with Crippen LogP contribution in [-0.2, 0) is 11.2 Å². The third-order valence-corrected chi connectivity index (χ3v) is 5.64. The molecule has 9 heteroatoms. The number of rotatable bonds is 10. The van der Waals surface area contributed by atoms with Gasteiger partial charge < -0.3 is 30.2 Å². The number of para-hydroxylation sites is 1. The lowest BCUT2D eigenvalue weighted by atomic mass is 10.1. The molecule has 3 aromatic rings. The summed E-state index contributed by atoms with van der Waals surface area (Å²) in [5, 5.41) is 8.66. The van der Waals surface area contributed by atoms with Crippen molar-refractivity contribution in [2.24, 2.45) is 0 Å². The van der Waals surface area contributed by atoms with E-state index in [1.54, 1.807) is 43.5 Å². The number of ether oxygens (including phenoxy) is 3. The number of hydrogen-bond acceptors (Lipinski definition) is 7. The molecule has 4 rings (SSSR count). The predicted molar refractivity (Wildman–Crippen MR) is 135 cm³/mol. The molecule has 0 aliphatic carbocycles. The van der Waals surface area contributed by atoms with Crippen LogP contribution in [0.1, 0.15) is 33.2 Å². The first-order chi connectivity index (χ1) is 17.4. The van der Waals surface area contributed by atoms with Gasteiger partial charge in [-0.2, -0.15) is 0 Å². The number of ketones is 1. The molecule has 0 bridgehead atoms. The number of fused-ring (bicyclic) bond motifs is 1. The van der Waals surface area contributed by atoms with Gasteiger partial charge in [-0.15, -0.1) is 0 Å². The molecule has 1 aliphatic rings. The molecule has 0 saturated heterocycles. The van der Waals surface area contributed by atoms with Gasteiger partial charge in [0, 0.05) is 23.9 Å². The number of methoxy groups -OCH3 is 1. The minimum Gasteiger partial charge on any atom is -0.497 e. The summed E-state index contributed by atoms with van der Waals surface area (Å²) in [7, 11) is 1.62. The maximum absolute atomic E-state index is 12.8. The Labute approximate surface area is 208 Å². The summed E-state index contributed by atoms with van der Waals surface area (Å²) in [6.45, 7) is 1.82. The summed E-state index contributed by atoms with van der Waals surface area (Å²) in [5.74, 6) is 0.854. The van der Waals surface area contributed by atoms with E-state index in [0.29, 0.717) is 47.0 Å². The number of nitrogens with one attached hydrogen (secondary N) is 3. The average molecular weight is 490 g/mol. The highest BCUT2D eigenvalue weighted by molar-refractivity contribution is 6.06. The number of hydrogen-bond donors (Lipinski definition) is 3. The number of carbonyl (C=O) groups excluding carboxylic acids is 3. The number of Topliss-reactive ketones (excluding diaryl/α,β-unsaturated/α-hetero) is 1. The Morgan fingerprint density at radius 2 is 1.64 bits per heavy atom. The Morgan fingerprint density at radius 1 is 0.917 bits per heavy atom. The summed E-state index contributed by atoms with van der Waals surface area (Å²) < 4.78 is 15.8. The summed E-state index contributed by atoms with van der Waals surface area (Å²) in [6.07, 6.45) is 0.668. The molecule has 186 valence electrons. The minimum absolute atomic E-state index is 0.0601. The van der Waals surface area contributed by atoms with Gasteiger partial charge in [0.15, 0.2) is 17.3 Å². The van der Waals surface area contributed by atoms with Crippen molar-refractivity contribution >= 4 is 29.0 Å². The smallest absolute Gasteiger partial charge is 0.253 e. The van der Waals surface area contributed by atoms with Crippen LogP contribution in [0.5, 0.6) is 17.2 Å². The molecule has 0 saturated carbocycles. The first-order valence-electron chi connectivity index (χ1n) is 11.4. The lowest BCUT2D eigenvalue weighted by Crippen LogP contribution is -2.28. The van der Waals surface area contributed by atoms with Crippen molar-refractivity contribution in [3.63, 3.8) is 0 Å². The van der Waals surface area contributed by atoms with E-state index in [4.69, 9.17) is 14.2 Å². The highest BCUT2D eigenvalue weighted by Crippen LogP contribution is 2.37. The lowest BCUT2D eigenvalue weighted by molar-refractivity contribution is -0.114. The van der Waals surface area contributed by atoms with Crippen LogP contribution in [0.2, 0.25) is 0 Å². The largest absolute Gasteiger partial charge is 0.497 e. The Morgan fingerprint density at radius 3 is 2.36 bits per heavy atom. The fourth-order valence-electron chi connectivity index (χ4n) is 3.75. The maximum atomic E-state index is 12.8. The normalized spacial score (nSPS) is 11.5. The number of benzene rings is 3. The fourth-order valence-corrected chi connectivity index (χ4v) is 3.75. The first-order valence-corrected chi connectivity index (χ1v) is 11.4. The van der Waals surface area contributed by atoms with Gasteiger partial charge in [0.05, 0.1) is 24.9 Å². The van der Waals surface area contributed by atoms with Crippen LogP contribution < -0.4 is 30.2 Å². The monoisotopic (exact) mass is 489 g/mol. The molecule has 0 aromatic heterocycles. The minimum atomic E-state index is -0.383. The maximum Gasteiger partial charge on any atom is 0.253 e. The summed E-state index contributed by atoms with van der Waals surface area (Å²) in [6, 6.07) is 17.8. The molecule has 0 radical (unpaired) electrons. The van der Waals surface area contributed by atoms with E-state index in [2.05, 4.69) is 16.0 Å². The highest BCUT2D eigenvalue weighted by Gasteiger charge is 2.20. The Bertz CT molecular complexity index is 1270. The van der Waals surface area contributed by atoms with E-state index in [1.165, 1.54) is 6.92 Å². The number of carbonyl (C=O) groups is 3. The van der Waals surface area contributed by atoms with Gasteiger partial charge in [0.25, 0.3) is 5.91 Å². The fraction of sp³-hybridized carbons (Fsp3) is 0.222. The van der Waals surface area contributed by atoms with Gasteiger partial charge in [0.1, 0.15) is 5.75 Å². The first kappa shape index (κ1) is 24.6. The van der Waals surface area contributed by atoms with Gasteiger partial charge in [-0.25, -0.2) is 0 Å². The van der Waals surface area contributed by atoms with Crippen LogP contribution in [0, 0.1) is 0 Å². The molecule has 0 unspecified atom stereocenters. The van der Waals surface area contributed by atoms with Gasteiger partial charge in [-0.05, 0) is 49.2 Å². The Hall–Kier alpha value is -4.53. The van der Waals surface area contributed by atoms with Crippen LogP contribution in [-0.4, -0.2) is 44.6 Å². The standard InChI is InChI=1S/C27H27N3O6/c1-17(31)21-13-24-25(36-16-35-24)14-23(21)30-26(32)15-29-22-6-4-3-5-20(22)27(33)28-12-11-18-7-9-19(34-2)10-8-18/h3-10,13-14,29H,11-12,15-16H2,1-2H3,(H,28,33)(H,30,32). The van der Waals surface area contributed by atoms with Gasteiger partial charge in [0.2, 0.25) is 12.7 Å². The second-order valence-electron chi connectivity index (χ2n) is 8.11. The molecule has 36 heavy (non-hydrogen) atoms. The molecule has 2 amide bonds. The highest BCUT2D eigenvalue weighted by atomic mass is 16.7. The molecule has 0 atom stereocenters. The zero-order chi connectivity index (χ0) is 25.5. The third kappa shape index (κ3) is 5.93. The van der Waals surface area contributed by atoms with Crippen molar-refractivity contribution in [1.82, 2.24) is 5.32 Å². The molecular weight excluding hydrogens is 462 g/mol. The van der Waals surface area contributed by atoms with E-state index in [0.717, 1.165) is 11.3 Å². The summed E-state index contributed by atoms with van der Waals surface area (Å²) >= 11 is 0. The molecular formula is C27H27N3O6. The van der Waals surface area contributed by atoms with Crippen molar-refractivity contribution in [1.29, 1.82) is 0 Å². The molecule has 3 N–H and O–H groups in total. The SMILES string of the molecule is COc1ccc(CCNC(=O)c2ccccc2NCC(=O)Nc2cc3c(cc2C(C)=O)OCO3)cc1. The molecule has 1 heterocycles. The average Bonchev–Trinajstić information content (AvgIpc) is 3.35. The second-order valence-corrected chi connectivity index (χ2v) is 8.11. The van der Waals surface area contributed by atoms with Crippen LogP contribution >= 0.6 is 0 Å². The van der Waals surface area contributed by atoms with Crippen molar-refractivity contribution in [2.75, 3.05) is 37.6 Å². The Balaban J connectivity index is 1.34. The topological polar surface area (TPSA) is 115 Å². The Kier molecular flexibility index (Phi) is 7.69. The predicted octanol–water partition coefficient (Wildman–Crippen LogP) is 3.65. The molecule has 0 fully saturated rings.